The van der Waals surface area contributed by atoms with Crippen LogP contribution in [0.5, 0.6) is 5.75 Å². The first-order valence-electron chi connectivity index (χ1n) is 8.31. The lowest BCUT2D eigenvalue weighted by Crippen LogP contribution is -2.22. The van der Waals surface area contributed by atoms with Crippen molar-refractivity contribution in [3.05, 3.63) is 59.2 Å². The Hall–Kier alpha value is -2.82. The Labute approximate surface area is 148 Å². The smallest absolute Gasteiger partial charge is 0.341 e. The first kappa shape index (κ1) is 18.5. The number of esters is 1. The average molecular weight is 341 g/mol. The van der Waals surface area contributed by atoms with E-state index in [1.165, 1.54) is 7.11 Å². The molecule has 5 nitrogen and oxygen atoms in total. The predicted octanol–water partition coefficient (Wildman–Crippen LogP) is 3.62. The fraction of sp³-hybridized carbons (Fsp3) is 0.300. The van der Waals surface area contributed by atoms with Gasteiger partial charge in [0.2, 0.25) is 0 Å². The number of amides is 1. The highest BCUT2D eigenvalue weighted by Crippen LogP contribution is 2.23. The second kappa shape index (κ2) is 8.87. The van der Waals surface area contributed by atoms with Gasteiger partial charge >= 0.3 is 5.97 Å². The van der Waals surface area contributed by atoms with Gasteiger partial charge in [-0.1, -0.05) is 44.2 Å². The number of benzene rings is 2. The normalized spacial score (nSPS) is 10.2. The van der Waals surface area contributed by atoms with Crippen LogP contribution in [0.3, 0.4) is 0 Å². The van der Waals surface area contributed by atoms with E-state index in [1.54, 1.807) is 24.3 Å². The van der Waals surface area contributed by atoms with Crippen molar-refractivity contribution in [2.45, 2.75) is 26.7 Å². The van der Waals surface area contributed by atoms with Gasteiger partial charge in [0.25, 0.3) is 5.91 Å². The summed E-state index contributed by atoms with van der Waals surface area (Å²) in [5.74, 6) is -0.445. The number of anilines is 1. The molecule has 0 bridgehead atoms. The first-order chi connectivity index (χ1) is 12.1. The monoisotopic (exact) mass is 341 g/mol. The quantitative estimate of drug-likeness (QED) is 0.781. The zero-order chi connectivity index (χ0) is 18.2. The van der Waals surface area contributed by atoms with Crippen molar-refractivity contribution in [2.24, 2.45) is 0 Å². The molecule has 0 radical (unpaired) electrons. The molecule has 2 aromatic rings. The van der Waals surface area contributed by atoms with E-state index in [0.29, 0.717) is 11.3 Å². The lowest BCUT2D eigenvalue weighted by molar-refractivity contribution is -0.118. The summed E-state index contributed by atoms with van der Waals surface area (Å²) in [5.41, 5.74) is 3.31. The van der Waals surface area contributed by atoms with E-state index < -0.39 is 5.97 Å². The Morgan fingerprint density at radius 3 is 2.20 bits per heavy atom. The third-order valence-electron chi connectivity index (χ3n) is 3.91. The van der Waals surface area contributed by atoms with Crippen LogP contribution in [0.4, 0.5) is 5.69 Å². The molecular formula is C20H23NO4. The Bertz CT molecular complexity index is 733. The largest absolute Gasteiger partial charge is 0.483 e. The molecule has 0 unspecified atom stereocenters. The van der Waals surface area contributed by atoms with Gasteiger partial charge < -0.3 is 14.8 Å². The number of hydrogen-bond acceptors (Lipinski definition) is 4. The molecule has 25 heavy (non-hydrogen) atoms. The standard InChI is InChI=1S/C20H23NO4/c1-4-14-9-8-10-15(5-2)19(14)21-18(22)13-25-17-12-7-6-11-16(17)20(23)24-3/h6-12H,4-5,13H2,1-3H3,(H,21,22). The fourth-order valence-electron chi connectivity index (χ4n) is 2.59. The lowest BCUT2D eigenvalue weighted by Gasteiger charge is -2.15. The molecule has 1 amide bonds. The molecule has 132 valence electrons. The maximum Gasteiger partial charge on any atom is 0.341 e. The highest BCUT2D eigenvalue weighted by atomic mass is 16.5. The number of aryl methyl sites for hydroxylation is 2. The summed E-state index contributed by atoms with van der Waals surface area (Å²) in [6, 6.07) is 12.7. The number of para-hydroxylation sites is 2. The minimum absolute atomic E-state index is 0.185. The molecule has 1 N–H and O–H groups in total. The van der Waals surface area contributed by atoms with Crippen LogP contribution in [0.2, 0.25) is 0 Å². The van der Waals surface area contributed by atoms with E-state index >= 15 is 0 Å². The van der Waals surface area contributed by atoms with E-state index in [9.17, 15) is 9.59 Å². The molecule has 0 spiro atoms. The summed E-state index contributed by atoms with van der Waals surface area (Å²) in [7, 11) is 1.31. The number of carbonyl (C=O) groups is 2. The van der Waals surface area contributed by atoms with Gasteiger partial charge in [0, 0.05) is 5.69 Å². The molecule has 2 rings (SSSR count). The molecule has 0 aromatic heterocycles. The summed E-state index contributed by atoms with van der Waals surface area (Å²) in [6.07, 6.45) is 1.66. The first-order valence-corrected chi connectivity index (χ1v) is 8.31. The number of carbonyl (C=O) groups excluding carboxylic acids is 2. The van der Waals surface area contributed by atoms with Crippen LogP contribution < -0.4 is 10.1 Å². The van der Waals surface area contributed by atoms with Crippen molar-refractivity contribution >= 4 is 17.6 Å². The van der Waals surface area contributed by atoms with Gasteiger partial charge in [0.15, 0.2) is 6.61 Å². The summed E-state index contributed by atoms with van der Waals surface area (Å²) in [4.78, 5) is 24.1. The summed E-state index contributed by atoms with van der Waals surface area (Å²) in [6.45, 7) is 3.91. The van der Waals surface area contributed by atoms with Crippen molar-refractivity contribution < 1.29 is 19.1 Å². The fourth-order valence-corrected chi connectivity index (χ4v) is 2.59. The average Bonchev–Trinajstić information content (AvgIpc) is 2.66. The second-order valence-corrected chi connectivity index (χ2v) is 5.48. The van der Waals surface area contributed by atoms with Gasteiger partial charge in [0.1, 0.15) is 11.3 Å². The second-order valence-electron chi connectivity index (χ2n) is 5.48. The highest BCUT2D eigenvalue weighted by molar-refractivity contribution is 5.94. The van der Waals surface area contributed by atoms with Gasteiger partial charge in [-0.05, 0) is 36.1 Å². The van der Waals surface area contributed by atoms with Crippen LogP contribution in [-0.2, 0) is 22.4 Å². The van der Waals surface area contributed by atoms with Crippen molar-refractivity contribution in [3.8, 4) is 5.75 Å². The van der Waals surface area contributed by atoms with Crippen LogP contribution in [0.25, 0.3) is 0 Å². The number of hydrogen-bond donors (Lipinski definition) is 1. The van der Waals surface area contributed by atoms with E-state index in [1.807, 2.05) is 32.0 Å². The minimum atomic E-state index is -0.499. The van der Waals surface area contributed by atoms with Crippen LogP contribution in [0.1, 0.15) is 35.3 Å². The number of ether oxygens (including phenoxy) is 2. The molecule has 0 aliphatic carbocycles. The van der Waals surface area contributed by atoms with Crippen molar-refractivity contribution in [2.75, 3.05) is 19.0 Å². The SMILES string of the molecule is CCc1cccc(CC)c1NC(=O)COc1ccccc1C(=O)OC. The number of nitrogens with one attached hydrogen (secondary N) is 1. The molecule has 0 fully saturated rings. The van der Waals surface area contributed by atoms with Gasteiger partial charge in [-0.25, -0.2) is 4.79 Å². The molecule has 5 heteroatoms. The van der Waals surface area contributed by atoms with Crippen molar-refractivity contribution in [1.82, 2.24) is 0 Å². The highest BCUT2D eigenvalue weighted by Gasteiger charge is 2.15. The van der Waals surface area contributed by atoms with Gasteiger partial charge in [-0.15, -0.1) is 0 Å². The Balaban J connectivity index is 2.09. The van der Waals surface area contributed by atoms with E-state index in [-0.39, 0.29) is 12.5 Å². The third kappa shape index (κ3) is 4.59. The van der Waals surface area contributed by atoms with Crippen LogP contribution in [-0.4, -0.2) is 25.6 Å². The summed E-state index contributed by atoms with van der Waals surface area (Å²) in [5, 5.41) is 2.93. The molecule has 0 aliphatic rings. The zero-order valence-corrected chi connectivity index (χ0v) is 14.8. The molecule has 0 saturated carbocycles. The summed E-state index contributed by atoms with van der Waals surface area (Å²) < 4.78 is 10.2. The molecule has 0 atom stereocenters. The van der Waals surface area contributed by atoms with Gasteiger partial charge in [-0.3, -0.25) is 4.79 Å². The maximum absolute atomic E-state index is 12.3. The van der Waals surface area contributed by atoms with E-state index in [4.69, 9.17) is 9.47 Å². The van der Waals surface area contributed by atoms with Gasteiger partial charge in [0.05, 0.1) is 7.11 Å². The van der Waals surface area contributed by atoms with Crippen LogP contribution >= 0.6 is 0 Å². The lowest BCUT2D eigenvalue weighted by atomic mass is 10.0. The van der Waals surface area contributed by atoms with E-state index in [0.717, 1.165) is 29.7 Å². The van der Waals surface area contributed by atoms with Crippen LogP contribution in [0, 0.1) is 0 Å². The maximum atomic E-state index is 12.3. The Kier molecular flexibility index (Phi) is 6.57. The minimum Gasteiger partial charge on any atom is -0.483 e. The molecular weight excluding hydrogens is 318 g/mol. The van der Waals surface area contributed by atoms with Crippen molar-refractivity contribution in [3.63, 3.8) is 0 Å². The zero-order valence-electron chi connectivity index (χ0n) is 14.8. The number of rotatable bonds is 7. The van der Waals surface area contributed by atoms with Gasteiger partial charge in [-0.2, -0.15) is 0 Å². The topological polar surface area (TPSA) is 64.6 Å². The predicted molar refractivity (Wildman–Crippen MR) is 97.1 cm³/mol. The molecule has 0 heterocycles. The molecule has 2 aromatic carbocycles. The Morgan fingerprint density at radius 2 is 1.60 bits per heavy atom. The Morgan fingerprint density at radius 1 is 0.960 bits per heavy atom. The summed E-state index contributed by atoms with van der Waals surface area (Å²) >= 11 is 0. The van der Waals surface area contributed by atoms with Crippen molar-refractivity contribution in [1.29, 1.82) is 0 Å². The van der Waals surface area contributed by atoms with E-state index in [2.05, 4.69) is 5.32 Å². The van der Waals surface area contributed by atoms with Crippen LogP contribution in [0.15, 0.2) is 42.5 Å². The number of methoxy groups -OCH3 is 1. The molecule has 0 saturated heterocycles. The third-order valence-corrected chi connectivity index (χ3v) is 3.91. The molecule has 0 aliphatic heterocycles.